The van der Waals surface area contributed by atoms with Gasteiger partial charge < -0.3 is 9.84 Å². The predicted octanol–water partition coefficient (Wildman–Crippen LogP) is 0.363. The average molecular weight is 170 g/mol. The summed E-state index contributed by atoms with van der Waals surface area (Å²) in [5.74, 6) is 0.709. The van der Waals surface area contributed by atoms with Gasteiger partial charge in [-0.2, -0.15) is 0 Å². The van der Waals surface area contributed by atoms with Gasteiger partial charge in [-0.05, 0) is 12.8 Å². The van der Waals surface area contributed by atoms with Gasteiger partial charge in [0.25, 0.3) is 0 Å². The molecule has 0 radical (unpaired) electrons. The molecule has 0 spiro atoms. The first-order chi connectivity index (χ1) is 5.77. The van der Waals surface area contributed by atoms with E-state index < -0.39 is 6.10 Å². The van der Waals surface area contributed by atoms with E-state index in [4.69, 9.17) is 4.74 Å². The third kappa shape index (κ3) is 1.67. The van der Waals surface area contributed by atoms with Crippen LogP contribution >= 0.6 is 0 Å². The second kappa shape index (κ2) is 3.15. The van der Waals surface area contributed by atoms with Crippen LogP contribution in [0.2, 0.25) is 0 Å². The van der Waals surface area contributed by atoms with Crippen molar-refractivity contribution in [2.45, 2.75) is 25.4 Å². The molecule has 3 heteroatoms. The number of hydrogen-bond donors (Lipinski definition) is 1. The van der Waals surface area contributed by atoms with Crippen LogP contribution in [0, 0.1) is 11.8 Å². The first-order valence-electron chi connectivity index (χ1n) is 4.56. The number of ketones is 1. The normalized spacial score (nSPS) is 35.4. The quantitative estimate of drug-likeness (QED) is 0.665. The summed E-state index contributed by atoms with van der Waals surface area (Å²) in [7, 11) is 0. The lowest BCUT2D eigenvalue weighted by atomic mass is 9.98. The number of rotatable bonds is 3. The Balaban J connectivity index is 1.80. The number of hydrogen-bond acceptors (Lipinski definition) is 3. The fraction of sp³-hybridized carbons (Fsp3) is 0.889. The summed E-state index contributed by atoms with van der Waals surface area (Å²) in [4.78, 5) is 11.3. The van der Waals surface area contributed by atoms with Crippen LogP contribution in [0.3, 0.4) is 0 Å². The summed E-state index contributed by atoms with van der Waals surface area (Å²) in [6.45, 7) is 0.961. The minimum atomic E-state index is -0.410. The molecule has 3 nitrogen and oxygen atoms in total. The van der Waals surface area contributed by atoms with Gasteiger partial charge >= 0.3 is 0 Å². The zero-order valence-corrected chi connectivity index (χ0v) is 7.03. The summed E-state index contributed by atoms with van der Waals surface area (Å²) in [6, 6.07) is 0. The SMILES string of the molecule is O=C(CC1COCC1O)C1CC1. The zero-order chi connectivity index (χ0) is 8.55. The zero-order valence-electron chi connectivity index (χ0n) is 7.03. The Kier molecular flexibility index (Phi) is 2.15. The van der Waals surface area contributed by atoms with E-state index in [1.54, 1.807) is 0 Å². The van der Waals surface area contributed by atoms with Crippen LogP contribution in [0.15, 0.2) is 0 Å². The van der Waals surface area contributed by atoms with Gasteiger partial charge in [0.1, 0.15) is 5.78 Å². The van der Waals surface area contributed by atoms with Crippen molar-refractivity contribution in [1.29, 1.82) is 0 Å². The van der Waals surface area contributed by atoms with Crippen molar-refractivity contribution in [2.75, 3.05) is 13.2 Å². The maximum Gasteiger partial charge on any atom is 0.136 e. The smallest absolute Gasteiger partial charge is 0.136 e. The van der Waals surface area contributed by atoms with Crippen molar-refractivity contribution in [3.8, 4) is 0 Å². The van der Waals surface area contributed by atoms with Gasteiger partial charge in [-0.3, -0.25) is 4.79 Å². The number of aliphatic hydroxyl groups excluding tert-OH is 1. The fourth-order valence-corrected chi connectivity index (χ4v) is 1.61. The summed E-state index contributed by atoms with van der Waals surface area (Å²) >= 11 is 0. The van der Waals surface area contributed by atoms with Crippen molar-refractivity contribution in [1.82, 2.24) is 0 Å². The molecule has 2 fully saturated rings. The van der Waals surface area contributed by atoms with Gasteiger partial charge in [-0.1, -0.05) is 0 Å². The van der Waals surface area contributed by atoms with Crippen molar-refractivity contribution in [3.05, 3.63) is 0 Å². The Hall–Kier alpha value is -0.410. The highest BCUT2D eigenvalue weighted by Gasteiger charge is 2.34. The molecule has 68 valence electrons. The van der Waals surface area contributed by atoms with Crippen LogP contribution in [0.25, 0.3) is 0 Å². The number of aliphatic hydroxyl groups is 1. The van der Waals surface area contributed by atoms with E-state index in [9.17, 15) is 9.90 Å². The minimum absolute atomic E-state index is 0.0677. The van der Waals surface area contributed by atoms with Gasteiger partial charge in [0, 0.05) is 18.3 Å². The van der Waals surface area contributed by atoms with E-state index in [2.05, 4.69) is 0 Å². The van der Waals surface area contributed by atoms with E-state index in [1.165, 1.54) is 0 Å². The predicted molar refractivity (Wildman–Crippen MR) is 42.7 cm³/mol. The third-order valence-corrected chi connectivity index (χ3v) is 2.66. The van der Waals surface area contributed by atoms with Gasteiger partial charge in [0.05, 0.1) is 19.3 Å². The second-order valence-electron chi connectivity index (χ2n) is 3.81. The Bertz CT molecular complexity index is 186. The van der Waals surface area contributed by atoms with E-state index in [-0.39, 0.29) is 5.92 Å². The third-order valence-electron chi connectivity index (χ3n) is 2.66. The van der Waals surface area contributed by atoms with Crippen LogP contribution in [0.4, 0.5) is 0 Å². The number of carbonyl (C=O) groups excluding carboxylic acids is 1. The topological polar surface area (TPSA) is 46.5 Å². The lowest BCUT2D eigenvalue weighted by Crippen LogP contribution is -2.21. The summed E-state index contributed by atoms with van der Waals surface area (Å²) in [6.07, 6.45) is 2.23. The fourth-order valence-electron chi connectivity index (χ4n) is 1.61. The van der Waals surface area contributed by atoms with Crippen molar-refractivity contribution < 1.29 is 14.6 Å². The minimum Gasteiger partial charge on any atom is -0.390 e. The molecule has 1 saturated heterocycles. The van der Waals surface area contributed by atoms with E-state index in [0.717, 1.165) is 12.8 Å². The molecule has 12 heavy (non-hydrogen) atoms. The molecule has 1 N–H and O–H groups in total. The largest absolute Gasteiger partial charge is 0.390 e. The first-order valence-corrected chi connectivity index (χ1v) is 4.56. The molecule has 0 aromatic carbocycles. The maximum atomic E-state index is 11.3. The van der Waals surface area contributed by atoms with Crippen molar-refractivity contribution >= 4 is 5.78 Å². The summed E-state index contributed by atoms with van der Waals surface area (Å²) in [5, 5.41) is 9.36. The maximum absolute atomic E-state index is 11.3. The molecule has 0 aromatic heterocycles. The van der Waals surface area contributed by atoms with Gasteiger partial charge in [0.2, 0.25) is 0 Å². The molecule has 2 atom stereocenters. The van der Waals surface area contributed by atoms with Crippen LogP contribution < -0.4 is 0 Å². The molecule has 0 aromatic rings. The van der Waals surface area contributed by atoms with Crippen molar-refractivity contribution in [2.24, 2.45) is 11.8 Å². The van der Waals surface area contributed by atoms with Crippen LogP contribution in [-0.4, -0.2) is 30.2 Å². The Labute approximate surface area is 71.7 Å². The van der Waals surface area contributed by atoms with Gasteiger partial charge in [-0.15, -0.1) is 0 Å². The summed E-state index contributed by atoms with van der Waals surface area (Å²) < 4.78 is 5.07. The molecule has 1 saturated carbocycles. The summed E-state index contributed by atoms with van der Waals surface area (Å²) in [5.41, 5.74) is 0. The van der Waals surface area contributed by atoms with Crippen molar-refractivity contribution in [3.63, 3.8) is 0 Å². The molecule has 0 amide bonds. The molecule has 2 rings (SSSR count). The lowest BCUT2D eigenvalue weighted by molar-refractivity contribution is -0.121. The Morgan fingerprint density at radius 1 is 1.42 bits per heavy atom. The van der Waals surface area contributed by atoms with Gasteiger partial charge in [0.15, 0.2) is 0 Å². The number of ether oxygens (including phenoxy) is 1. The van der Waals surface area contributed by atoms with Crippen LogP contribution in [-0.2, 0) is 9.53 Å². The van der Waals surface area contributed by atoms with E-state index in [0.29, 0.717) is 31.3 Å². The second-order valence-corrected chi connectivity index (χ2v) is 3.81. The first kappa shape index (κ1) is 8.20. The molecular formula is C9H14O3. The monoisotopic (exact) mass is 170 g/mol. The number of carbonyl (C=O) groups is 1. The highest BCUT2D eigenvalue weighted by molar-refractivity contribution is 5.83. The van der Waals surface area contributed by atoms with E-state index in [1.807, 2.05) is 0 Å². The molecule has 2 aliphatic rings. The molecule has 2 unspecified atom stereocenters. The highest BCUT2D eigenvalue weighted by atomic mass is 16.5. The highest BCUT2D eigenvalue weighted by Crippen LogP contribution is 2.33. The molecular weight excluding hydrogens is 156 g/mol. The molecule has 1 aliphatic carbocycles. The molecule has 1 heterocycles. The Morgan fingerprint density at radius 3 is 2.67 bits per heavy atom. The molecule has 0 bridgehead atoms. The van der Waals surface area contributed by atoms with Crippen LogP contribution in [0.1, 0.15) is 19.3 Å². The van der Waals surface area contributed by atoms with E-state index >= 15 is 0 Å². The van der Waals surface area contributed by atoms with Gasteiger partial charge in [-0.25, -0.2) is 0 Å². The standard InChI is InChI=1S/C9H14O3/c10-8(6-1-2-6)3-7-4-12-5-9(7)11/h6-7,9,11H,1-5H2. The molecule has 1 aliphatic heterocycles. The van der Waals surface area contributed by atoms with Crippen LogP contribution in [0.5, 0.6) is 0 Å². The lowest BCUT2D eigenvalue weighted by Gasteiger charge is -2.09. The number of Topliss-reactive ketones (excluding diaryl/α,β-unsaturated/α-hetero) is 1. The Morgan fingerprint density at radius 2 is 2.17 bits per heavy atom. The average Bonchev–Trinajstić information content (AvgIpc) is 2.80.